The standard InChI is InChI=1S/C17H27N7/c1-13-10-15(21(3)4)20-17(19-13)24-9-8-23(14(2)11-24)12-16-18-6-7-22(16)5/h6-7,10,14H,8-9,11-12H2,1-5H3. The summed E-state index contributed by atoms with van der Waals surface area (Å²) in [6.45, 7) is 8.03. The van der Waals surface area contributed by atoms with E-state index in [2.05, 4.69) is 31.3 Å². The van der Waals surface area contributed by atoms with E-state index in [1.54, 1.807) is 0 Å². The first-order valence-electron chi connectivity index (χ1n) is 8.42. The lowest BCUT2D eigenvalue weighted by Crippen LogP contribution is -2.52. The van der Waals surface area contributed by atoms with Crippen LogP contribution in [0.3, 0.4) is 0 Å². The van der Waals surface area contributed by atoms with Gasteiger partial charge in [0.05, 0.1) is 6.54 Å². The largest absolute Gasteiger partial charge is 0.363 e. The second-order valence-corrected chi connectivity index (χ2v) is 6.78. The smallest absolute Gasteiger partial charge is 0.227 e. The highest BCUT2D eigenvalue weighted by Gasteiger charge is 2.26. The van der Waals surface area contributed by atoms with Crippen molar-refractivity contribution < 1.29 is 0 Å². The Kier molecular flexibility index (Phi) is 4.71. The molecular formula is C17H27N7. The van der Waals surface area contributed by atoms with Gasteiger partial charge in [0.15, 0.2) is 0 Å². The molecule has 0 aromatic carbocycles. The van der Waals surface area contributed by atoms with Crippen molar-refractivity contribution in [2.75, 3.05) is 43.5 Å². The Balaban J connectivity index is 1.70. The van der Waals surface area contributed by atoms with E-state index in [-0.39, 0.29) is 0 Å². The summed E-state index contributed by atoms with van der Waals surface area (Å²) in [6, 6.07) is 2.45. The third-order valence-electron chi connectivity index (χ3n) is 4.60. The molecule has 1 saturated heterocycles. The second kappa shape index (κ2) is 6.76. The number of anilines is 2. The molecule has 0 saturated carbocycles. The summed E-state index contributed by atoms with van der Waals surface area (Å²) in [5.41, 5.74) is 1.01. The van der Waals surface area contributed by atoms with Gasteiger partial charge in [0.2, 0.25) is 5.95 Å². The number of hydrogen-bond acceptors (Lipinski definition) is 6. The van der Waals surface area contributed by atoms with Crippen LogP contribution < -0.4 is 9.80 Å². The van der Waals surface area contributed by atoms with Gasteiger partial charge in [-0.1, -0.05) is 0 Å². The number of aryl methyl sites for hydroxylation is 2. The Morgan fingerprint density at radius 3 is 2.67 bits per heavy atom. The molecule has 0 amide bonds. The van der Waals surface area contributed by atoms with Gasteiger partial charge in [-0.3, -0.25) is 4.90 Å². The first kappa shape index (κ1) is 16.7. The van der Waals surface area contributed by atoms with Crippen LogP contribution in [-0.4, -0.2) is 64.2 Å². The molecule has 7 heteroatoms. The van der Waals surface area contributed by atoms with Gasteiger partial charge in [-0.25, -0.2) is 9.97 Å². The number of aromatic nitrogens is 4. The number of piperazine rings is 1. The lowest BCUT2D eigenvalue weighted by atomic mass is 10.2. The highest BCUT2D eigenvalue weighted by atomic mass is 15.3. The van der Waals surface area contributed by atoms with E-state index in [0.717, 1.165) is 49.5 Å². The summed E-state index contributed by atoms with van der Waals surface area (Å²) in [7, 11) is 6.07. The molecule has 1 atom stereocenters. The molecule has 1 aliphatic rings. The third kappa shape index (κ3) is 3.51. The first-order valence-corrected chi connectivity index (χ1v) is 8.42. The fourth-order valence-electron chi connectivity index (χ4n) is 3.05. The Labute approximate surface area is 143 Å². The van der Waals surface area contributed by atoms with Crippen molar-refractivity contribution in [2.24, 2.45) is 7.05 Å². The van der Waals surface area contributed by atoms with Crippen molar-refractivity contribution in [3.63, 3.8) is 0 Å². The Morgan fingerprint density at radius 2 is 2.04 bits per heavy atom. The fourth-order valence-corrected chi connectivity index (χ4v) is 3.05. The van der Waals surface area contributed by atoms with Crippen LogP contribution in [0.5, 0.6) is 0 Å². The van der Waals surface area contributed by atoms with Crippen LogP contribution in [0.15, 0.2) is 18.5 Å². The SMILES string of the molecule is Cc1cc(N(C)C)nc(N2CCN(Cc3nccn3C)C(C)C2)n1. The number of nitrogens with zero attached hydrogens (tertiary/aromatic N) is 7. The second-order valence-electron chi connectivity index (χ2n) is 6.78. The monoisotopic (exact) mass is 329 g/mol. The topological polar surface area (TPSA) is 53.3 Å². The highest BCUT2D eigenvalue weighted by Crippen LogP contribution is 2.20. The molecule has 7 nitrogen and oxygen atoms in total. The molecule has 130 valence electrons. The zero-order chi connectivity index (χ0) is 17.3. The summed E-state index contributed by atoms with van der Waals surface area (Å²) < 4.78 is 2.09. The van der Waals surface area contributed by atoms with Crippen LogP contribution in [-0.2, 0) is 13.6 Å². The third-order valence-corrected chi connectivity index (χ3v) is 4.60. The van der Waals surface area contributed by atoms with E-state index >= 15 is 0 Å². The number of rotatable bonds is 4. The average Bonchev–Trinajstić information content (AvgIpc) is 2.93. The minimum Gasteiger partial charge on any atom is -0.363 e. The molecule has 3 heterocycles. The van der Waals surface area contributed by atoms with Gasteiger partial charge < -0.3 is 14.4 Å². The quantitative estimate of drug-likeness (QED) is 0.843. The highest BCUT2D eigenvalue weighted by molar-refractivity contribution is 5.45. The number of imidazole rings is 1. The van der Waals surface area contributed by atoms with Gasteiger partial charge in [-0.05, 0) is 13.8 Å². The van der Waals surface area contributed by atoms with Crippen LogP contribution in [0.1, 0.15) is 18.4 Å². The molecule has 0 spiro atoms. The zero-order valence-corrected chi connectivity index (χ0v) is 15.3. The molecule has 1 aliphatic heterocycles. The maximum Gasteiger partial charge on any atom is 0.227 e. The molecule has 0 aliphatic carbocycles. The van der Waals surface area contributed by atoms with Crippen LogP contribution in [0.25, 0.3) is 0 Å². The summed E-state index contributed by atoms with van der Waals surface area (Å²) in [5, 5.41) is 0. The van der Waals surface area contributed by atoms with E-state index in [9.17, 15) is 0 Å². The molecule has 24 heavy (non-hydrogen) atoms. The van der Waals surface area contributed by atoms with Crippen molar-refractivity contribution in [3.8, 4) is 0 Å². The molecule has 3 rings (SSSR count). The van der Waals surface area contributed by atoms with Crippen LogP contribution in [0.4, 0.5) is 11.8 Å². The van der Waals surface area contributed by atoms with Gasteiger partial charge in [0.1, 0.15) is 11.6 Å². The van der Waals surface area contributed by atoms with Gasteiger partial charge >= 0.3 is 0 Å². The maximum atomic E-state index is 4.71. The molecule has 1 unspecified atom stereocenters. The van der Waals surface area contributed by atoms with Crippen molar-refractivity contribution in [1.29, 1.82) is 0 Å². The molecule has 2 aromatic heterocycles. The normalized spacial score (nSPS) is 18.9. The van der Waals surface area contributed by atoms with Gasteiger partial charge in [0, 0.05) is 71.0 Å². The molecule has 1 fully saturated rings. The zero-order valence-electron chi connectivity index (χ0n) is 15.3. The van der Waals surface area contributed by atoms with E-state index < -0.39 is 0 Å². The molecule has 0 bridgehead atoms. The van der Waals surface area contributed by atoms with Crippen LogP contribution >= 0.6 is 0 Å². The van der Waals surface area contributed by atoms with Crippen molar-refractivity contribution in [2.45, 2.75) is 26.4 Å². The maximum absolute atomic E-state index is 4.71. The minimum atomic E-state index is 0.433. The van der Waals surface area contributed by atoms with Crippen molar-refractivity contribution in [1.82, 2.24) is 24.4 Å². The molecule has 0 N–H and O–H groups in total. The Morgan fingerprint density at radius 1 is 1.25 bits per heavy atom. The van der Waals surface area contributed by atoms with Gasteiger partial charge in [-0.2, -0.15) is 4.98 Å². The average molecular weight is 329 g/mol. The van der Waals surface area contributed by atoms with E-state index in [0.29, 0.717) is 6.04 Å². The lowest BCUT2D eigenvalue weighted by molar-refractivity contribution is 0.174. The summed E-state index contributed by atoms with van der Waals surface area (Å²) in [6.07, 6.45) is 3.86. The summed E-state index contributed by atoms with van der Waals surface area (Å²) >= 11 is 0. The van der Waals surface area contributed by atoms with E-state index in [1.165, 1.54) is 0 Å². The Hall–Kier alpha value is -2.15. The van der Waals surface area contributed by atoms with Gasteiger partial charge in [-0.15, -0.1) is 0 Å². The first-order chi connectivity index (χ1) is 11.4. The summed E-state index contributed by atoms with van der Waals surface area (Å²) in [4.78, 5) is 20.6. The fraction of sp³-hybridized carbons (Fsp3) is 0.588. The van der Waals surface area contributed by atoms with Crippen molar-refractivity contribution >= 4 is 11.8 Å². The molecule has 0 radical (unpaired) electrons. The van der Waals surface area contributed by atoms with E-state index in [1.807, 2.05) is 51.4 Å². The van der Waals surface area contributed by atoms with Crippen LogP contribution in [0.2, 0.25) is 0 Å². The molecular weight excluding hydrogens is 302 g/mol. The van der Waals surface area contributed by atoms with Gasteiger partial charge in [0.25, 0.3) is 0 Å². The van der Waals surface area contributed by atoms with E-state index in [4.69, 9.17) is 4.98 Å². The lowest BCUT2D eigenvalue weighted by Gasteiger charge is -2.39. The predicted molar refractivity (Wildman–Crippen MR) is 96.4 cm³/mol. The molecule has 2 aromatic rings. The number of hydrogen-bond donors (Lipinski definition) is 0. The minimum absolute atomic E-state index is 0.433. The Bertz CT molecular complexity index is 694. The summed E-state index contributed by atoms with van der Waals surface area (Å²) in [5.74, 6) is 2.90. The predicted octanol–water partition coefficient (Wildman–Crippen LogP) is 1.30. The van der Waals surface area contributed by atoms with Crippen molar-refractivity contribution in [3.05, 3.63) is 30.0 Å². The van der Waals surface area contributed by atoms with Crippen LogP contribution in [0, 0.1) is 6.92 Å².